The van der Waals surface area contributed by atoms with Crippen LogP contribution in [0.5, 0.6) is 5.75 Å². The molecule has 0 aliphatic heterocycles. The van der Waals surface area contributed by atoms with Crippen LogP contribution in [0.2, 0.25) is 0 Å². The second kappa shape index (κ2) is 8.13. The van der Waals surface area contributed by atoms with Gasteiger partial charge in [0.1, 0.15) is 12.4 Å². The molecule has 0 amide bonds. The number of aromatic nitrogens is 2. The molecule has 3 aromatic rings. The van der Waals surface area contributed by atoms with Gasteiger partial charge in [0.15, 0.2) is 5.75 Å². The van der Waals surface area contributed by atoms with Gasteiger partial charge in [-0.3, -0.25) is 10.1 Å². The molecule has 1 aromatic heterocycles. The van der Waals surface area contributed by atoms with Gasteiger partial charge in [0.05, 0.1) is 17.6 Å². The van der Waals surface area contributed by atoms with Gasteiger partial charge in [-0.2, -0.15) is 0 Å². The molecule has 138 valence electrons. The first kappa shape index (κ1) is 18.1. The molecule has 0 N–H and O–H groups in total. The van der Waals surface area contributed by atoms with Crippen molar-refractivity contribution in [1.82, 2.24) is 9.55 Å². The fourth-order valence-electron chi connectivity index (χ4n) is 2.57. The predicted octanol–water partition coefficient (Wildman–Crippen LogP) is 3.21. The van der Waals surface area contributed by atoms with Gasteiger partial charge in [-0.1, -0.05) is 30.3 Å². The van der Waals surface area contributed by atoms with Crippen LogP contribution >= 0.6 is 0 Å². The maximum Gasteiger partial charge on any atom is 0.338 e. The standard InChI is InChI=1S/C19H17N3O5/c1-26-19(23)15-7-8-17(16(11-15)22(24)25)27-13-18-20-9-10-21(18)12-14-5-3-2-4-6-14/h2-11H,12-13H2,1H3. The molecular weight excluding hydrogens is 350 g/mol. The minimum absolute atomic E-state index is 0.0538. The highest BCUT2D eigenvalue weighted by Gasteiger charge is 2.19. The van der Waals surface area contributed by atoms with E-state index in [1.165, 1.54) is 19.2 Å². The largest absolute Gasteiger partial charge is 0.479 e. The zero-order chi connectivity index (χ0) is 19.2. The average molecular weight is 367 g/mol. The quantitative estimate of drug-likeness (QED) is 0.361. The maximum atomic E-state index is 11.6. The van der Waals surface area contributed by atoms with Crippen LogP contribution in [0.15, 0.2) is 60.9 Å². The molecule has 27 heavy (non-hydrogen) atoms. The molecule has 0 bridgehead atoms. The van der Waals surface area contributed by atoms with Crippen molar-refractivity contribution in [3.05, 3.63) is 88.0 Å². The third-order valence-corrected chi connectivity index (χ3v) is 3.93. The number of hydrogen-bond donors (Lipinski definition) is 0. The van der Waals surface area contributed by atoms with E-state index in [2.05, 4.69) is 9.72 Å². The third kappa shape index (κ3) is 4.30. The third-order valence-electron chi connectivity index (χ3n) is 3.93. The zero-order valence-electron chi connectivity index (χ0n) is 14.6. The zero-order valence-corrected chi connectivity index (χ0v) is 14.6. The van der Waals surface area contributed by atoms with E-state index < -0.39 is 10.9 Å². The van der Waals surface area contributed by atoms with Crippen molar-refractivity contribution in [1.29, 1.82) is 0 Å². The lowest BCUT2D eigenvalue weighted by atomic mass is 10.2. The summed E-state index contributed by atoms with van der Waals surface area (Å²) in [6.45, 7) is 0.668. The minimum Gasteiger partial charge on any atom is -0.479 e. The summed E-state index contributed by atoms with van der Waals surface area (Å²) < 4.78 is 12.1. The molecule has 0 saturated carbocycles. The van der Waals surface area contributed by atoms with Gasteiger partial charge in [0.2, 0.25) is 0 Å². The Morgan fingerprint density at radius 1 is 1.22 bits per heavy atom. The first-order valence-electron chi connectivity index (χ1n) is 8.12. The summed E-state index contributed by atoms with van der Waals surface area (Å²) in [5, 5.41) is 11.3. The number of ether oxygens (including phenoxy) is 2. The van der Waals surface area contributed by atoms with Gasteiger partial charge >= 0.3 is 11.7 Å². The molecule has 0 spiro atoms. The molecule has 3 rings (SSSR count). The number of carbonyl (C=O) groups excluding carboxylic acids is 1. The van der Waals surface area contributed by atoms with Crippen LogP contribution in [-0.4, -0.2) is 27.6 Å². The summed E-state index contributed by atoms with van der Waals surface area (Å²) in [6.07, 6.45) is 3.47. The maximum absolute atomic E-state index is 11.6. The monoisotopic (exact) mass is 367 g/mol. The van der Waals surface area contributed by atoms with E-state index >= 15 is 0 Å². The lowest BCUT2D eigenvalue weighted by Crippen LogP contribution is -2.09. The van der Waals surface area contributed by atoms with Crippen molar-refractivity contribution in [3.63, 3.8) is 0 Å². The summed E-state index contributed by atoms with van der Waals surface area (Å²) in [6, 6.07) is 13.8. The van der Waals surface area contributed by atoms with Crippen molar-refractivity contribution in [2.75, 3.05) is 7.11 Å². The van der Waals surface area contributed by atoms with Crippen molar-refractivity contribution in [3.8, 4) is 5.75 Å². The Labute approximate surface area is 155 Å². The summed E-state index contributed by atoms with van der Waals surface area (Å²) in [5.74, 6) is 0.0372. The van der Waals surface area contributed by atoms with Crippen LogP contribution in [0.1, 0.15) is 21.7 Å². The van der Waals surface area contributed by atoms with E-state index in [9.17, 15) is 14.9 Å². The van der Waals surface area contributed by atoms with Gasteiger partial charge in [0, 0.05) is 25.0 Å². The molecular formula is C19H17N3O5. The summed E-state index contributed by atoms with van der Waals surface area (Å²) in [7, 11) is 1.21. The number of benzene rings is 2. The molecule has 0 aliphatic rings. The Bertz CT molecular complexity index is 953. The second-order valence-electron chi connectivity index (χ2n) is 5.68. The number of nitro benzene ring substituents is 1. The van der Waals surface area contributed by atoms with E-state index in [4.69, 9.17) is 4.74 Å². The first-order chi connectivity index (χ1) is 13.1. The molecule has 0 radical (unpaired) electrons. The highest BCUT2D eigenvalue weighted by Crippen LogP contribution is 2.29. The van der Waals surface area contributed by atoms with Gasteiger partial charge in [-0.15, -0.1) is 0 Å². The molecule has 0 fully saturated rings. The number of esters is 1. The number of imidazole rings is 1. The number of nitrogens with zero attached hydrogens (tertiary/aromatic N) is 3. The van der Waals surface area contributed by atoms with Crippen molar-refractivity contribution >= 4 is 11.7 Å². The van der Waals surface area contributed by atoms with Gasteiger partial charge < -0.3 is 14.0 Å². The van der Waals surface area contributed by atoms with E-state index in [1.807, 2.05) is 41.1 Å². The Morgan fingerprint density at radius 2 is 2.00 bits per heavy atom. The Morgan fingerprint density at radius 3 is 2.70 bits per heavy atom. The van der Waals surface area contributed by atoms with Crippen LogP contribution in [0.4, 0.5) is 5.69 Å². The Hall–Kier alpha value is -3.68. The molecule has 8 heteroatoms. The van der Waals surface area contributed by atoms with Crippen LogP contribution in [0.25, 0.3) is 0 Å². The molecule has 8 nitrogen and oxygen atoms in total. The molecule has 0 saturated heterocycles. The van der Waals surface area contributed by atoms with Gasteiger partial charge in [-0.05, 0) is 17.7 Å². The second-order valence-corrected chi connectivity index (χ2v) is 5.68. The average Bonchev–Trinajstić information content (AvgIpc) is 3.13. The van der Waals surface area contributed by atoms with Crippen molar-refractivity contribution < 1.29 is 19.2 Å². The number of nitro groups is 1. The topological polar surface area (TPSA) is 96.5 Å². The van der Waals surface area contributed by atoms with E-state index in [-0.39, 0.29) is 23.6 Å². The first-order valence-corrected chi connectivity index (χ1v) is 8.12. The number of carbonyl (C=O) groups is 1. The van der Waals surface area contributed by atoms with Crippen LogP contribution in [-0.2, 0) is 17.9 Å². The highest BCUT2D eigenvalue weighted by molar-refractivity contribution is 5.90. The molecule has 0 unspecified atom stereocenters. The summed E-state index contributed by atoms with van der Waals surface area (Å²) >= 11 is 0. The smallest absolute Gasteiger partial charge is 0.338 e. The Balaban J connectivity index is 1.76. The van der Waals surface area contributed by atoms with Crippen molar-refractivity contribution in [2.24, 2.45) is 0 Å². The number of rotatable bonds is 7. The van der Waals surface area contributed by atoms with E-state index in [1.54, 1.807) is 6.20 Å². The predicted molar refractivity (Wildman–Crippen MR) is 96.5 cm³/mol. The fraction of sp³-hybridized carbons (Fsp3) is 0.158. The molecule has 2 aromatic carbocycles. The summed E-state index contributed by atoms with van der Waals surface area (Å²) in [5.41, 5.74) is 0.881. The number of methoxy groups -OCH3 is 1. The lowest BCUT2D eigenvalue weighted by Gasteiger charge is -2.10. The van der Waals surface area contributed by atoms with Crippen LogP contribution in [0.3, 0.4) is 0 Å². The van der Waals surface area contributed by atoms with Gasteiger partial charge in [0.25, 0.3) is 0 Å². The molecule has 0 aliphatic carbocycles. The summed E-state index contributed by atoms with van der Waals surface area (Å²) in [4.78, 5) is 26.5. The lowest BCUT2D eigenvalue weighted by molar-refractivity contribution is -0.386. The number of hydrogen-bond acceptors (Lipinski definition) is 6. The highest BCUT2D eigenvalue weighted by atomic mass is 16.6. The van der Waals surface area contributed by atoms with E-state index in [0.717, 1.165) is 11.6 Å². The SMILES string of the molecule is COC(=O)c1ccc(OCc2nccn2Cc2ccccc2)c([N+](=O)[O-])c1. The fourth-order valence-corrected chi connectivity index (χ4v) is 2.57. The molecule has 0 atom stereocenters. The van der Waals surface area contributed by atoms with Gasteiger partial charge in [-0.25, -0.2) is 9.78 Å². The van der Waals surface area contributed by atoms with Crippen molar-refractivity contribution in [2.45, 2.75) is 13.2 Å². The Kier molecular flexibility index (Phi) is 5.46. The minimum atomic E-state index is -0.650. The normalized spacial score (nSPS) is 10.4. The van der Waals surface area contributed by atoms with E-state index in [0.29, 0.717) is 12.4 Å². The van der Waals surface area contributed by atoms with Crippen LogP contribution in [0, 0.1) is 10.1 Å². The molecule has 1 heterocycles. The van der Waals surface area contributed by atoms with Crippen LogP contribution < -0.4 is 4.74 Å².